The second-order valence-corrected chi connectivity index (χ2v) is 13.5. The molecule has 1 saturated heterocycles. The van der Waals surface area contributed by atoms with Gasteiger partial charge in [-0.05, 0) is 58.6 Å². The molecule has 1 spiro atoms. The summed E-state index contributed by atoms with van der Waals surface area (Å²) >= 11 is 6.19. The van der Waals surface area contributed by atoms with Crippen molar-refractivity contribution in [1.29, 1.82) is 0 Å². The molecule has 0 aromatic heterocycles. The van der Waals surface area contributed by atoms with Crippen molar-refractivity contribution in [2.75, 3.05) is 6.54 Å². The summed E-state index contributed by atoms with van der Waals surface area (Å²) in [6.07, 6.45) is 7.22. The van der Waals surface area contributed by atoms with Crippen LogP contribution in [0.3, 0.4) is 0 Å². The quantitative estimate of drug-likeness (QED) is 0.433. The Balaban J connectivity index is 1.44. The molecule has 1 aromatic rings. The smallest absolute Gasteiger partial charge is 0.408 e. The van der Waals surface area contributed by atoms with E-state index < -0.39 is 52.7 Å². The topological polar surface area (TPSA) is 147 Å². The molecular weight excluding hydrogens is 576 g/mol. The van der Waals surface area contributed by atoms with E-state index in [0.29, 0.717) is 30.0 Å². The molecule has 12 heteroatoms. The first-order valence-corrected chi connectivity index (χ1v) is 15.2. The summed E-state index contributed by atoms with van der Waals surface area (Å²) in [4.78, 5) is 60.6. The van der Waals surface area contributed by atoms with Gasteiger partial charge in [-0.3, -0.25) is 9.59 Å². The van der Waals surface area contributed by atoms with Gasteiger partial charge in [0.25, 0.3) is 0 Å². The minimum Gasteiger partial charge on any atom is -0.479 e. The lowest BCUT2D eigenvalue weighted by atomic mass is 9.91. The van der Waals surface area contributed by atoms with Crippen LogP contribution in [-0.2, 0) is 24.0 Å². The number of amides is 3. The molecule has 3 amide bonds. The average molecular weight is 615 g/mol. The van der Waals surface area contributed by atoms with Gasteiger partial charge in [-0.1, -0.05) is 53.9 Å². The maximum Gasteiger partial charge on any atom is 0.408 e. The van der Waals surface area contributed by atoms with Crippen LogP contribution in [0, 0.1) is 5.92 Å². The first kappa shape index (κ1) is 30.8. The van der Waals surface area contributed by atoms with Gasteiger partial charge in [-0.2, -0.15) is 0 Å². The van der Waals surface area contributed by atoms with Crippen molar-refractivity contribution in [3.05, 3.63) is 47.0 Å². The summed E-state index contributed by atoms with van der Waals surface area (Å²) in [5.74, 6) is -2.47. The third-order valence-electron chi connectivity index (χ3n) is 8.45. The average Bonchev–Trinajstić information content (AvgIpc) is 3.27. The summed E-state index contributed by atoms with van der Waals surface area (Å²) in [7, 11) is 0. The Morgan fingerprint density at radius 3 is 2.72 bits per heavy atom. The van der Waals surface area contributed by atoms with E-state index >= 15 is 0 Å². The number of hydrogen-bond acceptors (Lipinski definition) is 7. The van der Waals surface area contributed by atoms with Gasteiger partial charge in [0.15, 0.2) is 5.60 Å². The highest BCUT2D eigenvalue weighted by atomic mass is 35.5. The van der Waals surface area contributed by atoms with Crippen LogP contribution in [0.2, 0.25) is 5.02 Å². The molecule has 3 aliphatic heterocycles. The van der Waals surface area contributed by atoms with Crippen molar-refractivity contribution in [2.45, 2.75) is 101 Å². The molecule has 0 radical (unpaired) electrons. The lowest BCUT2D eigenvalue weighted by molar-refractivity contribution is -0.145. The minimum absolute atomic E-state index is 0.0351. The molecule has 1 aliphatic carbocycles. The van der Waals surface area contributed by atoms with Crippen LogP contribution < -0.4 is 10.6 Å². The van der Waals surface area contributed by atoms with Gasteiger partial charge in [0, 0.05) is 29.3 Å². The number of carbonyl (C=O) groups excluding carboxylic acids is 3. The zero-order chi connectivity index (χ0) is 31.0. The SMILES string of the molecule is CC(C)(C)OC(=O)N[C@H]1CCCCC/C=C\[C@H]2C[C@@]2(C(=O)O)NC(=O)[C@@H]2C[C@@]3(CC(c4cccc(Cl)c4)=NO3)CN2C1=O. The predicted octanol–water partition coefficient (Wildman–Crippen LogP) is 4.18. The Bertz CT molecular complexity index is 1360. The van der Waals surface area contributed by atoms with Crippen LogP contribution >= 0.6 is 11.6 Å². The van der Waals surface area contributed by atoms with Crippen LogP contribution in [0.4, 0.5) is 4.79 Å². The van der Waals surface area contributed by atoms with Crippen molar-refractivity contribution >= 4 is 41.2 Å². The Morgan fingerprint density at radius 2 is 2.00 bits per heavy atom. The summed E-state index contributed by atoms with van der Waals surface area (Å²) in [5, 5.41) is 20.4. The number of benzene rings is 1. The van der Waals surface area contributed by atoms with Crippen LogP contribution in [-0.4, -0.2) is 75.0 Å². The van der Waals surface area contributed by atoms with E-state index in [-0.39, 0.29) is 25.3 Å². The van der Waals surface area contributed by atoms with Crippen molar-refractivity contribution in [3.63, 3.8) is 0 Å². The van der Waals surface area contributed by atoms with Gasteiger partial charge in [-0.15, -0.1) is 0 Å². The van der Waals surface area contributed by atoms with Crippen molar-refractivity contribution < 1.29 is 33.9 Å². The molecule has 232 valence electrons. The van der Waals surface area contributed by atoms with E-state index in [0.717, 1.165) is 24.8 Å². The van der Waals surface area contributed by atoms with Gasteiger partial charge in [-0.25, -0.2) is 9.59 Å². The molecule has 1 saturated carbocycles. The number of alkyl carbamates (subject to hydrolysis) is 1. The summed E-state index contributed by atoms with van der Waals surface area (Å²) in [6.45, 7) is 5.25. The first-order valence-electron chi connectivity index (χ1n) is 14.8. The Kier molecular flexibility index (Phi) is 8.48. The molecule has 5 atom stereocenters. The van der Waals surface area contributed by atoms with E-state index in [1.54, 1.807) is 39.0 Å². The predicted molar refractivity (Wildman–Crippen MR) is 159 cm³/mol. The lowest BCUT2D eigenvalue weighted by Crippen LogP contribution is -2.56. The van der Waals surface area contributed by atoms with E-state index in [2.05, 4.69) is 15.8 Å². The fourth-order valence-corrected chi connectivity index (χ4v) is 6.36. The molecule has 3 heterocycles. The normalized spacial score (nSPS) is 31.9. The number of carboxylic acids is 1. The maximum absolute atomic E-state index is 14.2. The number of ether oxygens (including phenoxy) is 1. The number of halogens is 1. The standard InChI is InChI=1S/C31H39ClN4O7/c1-29(2,3)42-28(41)33-22-13-8-6-4-5-7-11-20-15-31(20,27(39)40)34-25(37)24-17-30(18-36(24)26(22)38)16-23(35-43-30)19-10-9-12-21(32)14-19/h7,9-12,14,20,22,24H,4-6,8,13,15-18H2,1-3H3,(H,33,41)(H,34,37)(H,39,40)/b11-7-/t20-,22-,24-,30-,31+/m0/s1. The lowest BCUT2D eigenvalue weighted by Gasteiger charge is -2.30. The zero-order valence-corrected chi connectivity index (χ0v) is 25.5. The van der Waals surface area contributed by atoms with Crippen molar-refractivity contribution in [3.8, 4) is 0 Å². The fraction of sp³-hybridized carbons (Fsp3) is 0.581. The number of nitrogens with one attached hydrogen (secondary N) is 2. The molecule has 2 fully saturated rings. The number of rotatable bonds is 3. The highest BCUT2D eigenvalue weighted by molar-refractivity contribution is 6.31. The molecule has 0 bridgehead atoms. The second kappa shape index (κ2) is 11.8. The molecule has 5 rings (SSSR count). The van der Waals surface area contributed by atoms with E-state index in [9.17, 15) is 24.3 Å². The first-order chi connectivity index (χ1) is 20.3. The number of fused-ring (bicyclic) bond motifs is 2. The number of oxime groups is 1. The van der Waals surface area contributed by atoms with Gasteiger partial charge in [0.1, 0.15) is 23.2 Å². The molecular formula is C31H39ClN4O7. The third-order valence-corrected chi connectivity index (χ3v) is 8.68. The minimum atomic E-state index is -1.43. The molecule has 4 aliphatic rings. The van der Waals surface area contributed by atoms with Crippen molar-refractivity contribution in [2.24, 2.45) is 11.1 Å². The summed E-state index contributed by atoms with van der Waals surface area (Å²) in [6, 6.07) is 5.21. The van der Waals surface area contributed by atoms with Crippen molar-refractivity contribution in [1.82, 2.24) is 15.5 Å². The van der Waals surface area contributed by atoms with Crippen LogP contribution in [0.1, 0.15) is 77.7 Å². The Labute approximate surface area is 256 Å². The Hall–Kier alpha value is -3.60. The number of nitrogens with zero attached hydrogens (tertiary/aromatic N) is 2. The number of carboxylic acid groups (broad SMARTS) is 1. The van der Waals surface area contributed by atoms with Crippen LogP contribution in [0.15, 0.2) is 41.6 Å². The van der Waals surface area contributed by atoms with E-state index in [1.165, 1.54) is 4.90 Å². The summed E-state index contributed by atoms with van der Waals surface area (Å²) in [5.41, 5.74) is -1.79. The number of carbonyl (C=O) groups is 4. The van der Waals surface area contributed by atoms with Gasteiger partial charge < -0.3 is 30.2 Å². The monoisotopic (exact) mass is 614 g/mol. The molecule has 11 nitrogen and oxygen atoms in total. The van der Waals surface area contributed by atoms with Gasteiger partial charge >= 0.3 is 12.1 Å². The number of aliphatic carboxylic acids is 1. The molecule has 3 N–H and O–H groups in total. The fourth-order valence-electron chi connectivity index (χ4n) is 6.17. The number of hydrogen-bond donors (Lipinski definition) is 3. The zero-order valence-electron chi connectivity index (χ0n) is 24.7. The molecule has 0 unspecified atom stereocenters. The van der Waals surface area contributed by atoms with Crippen LogP contribution in [0.25, 0.3) is 0 Å². The Morgan fingerprint density at radius 1 is 1.21 bits per heavy atom. The highest BCUT2D eigenvalue weighted by Gasteiger charge is 2.62. The number of allylic oxidation sites excluding steroid dienone is 1. The third kappa shape index (κ3) is 6.82. The highest BCUT2D eigenvalue weighted by Crippen LogP contribution is 2.46. The van der Waals surface area contributed by atoms with E-state index in [1.807, 2.05) is 18.2 Å². The van der Waals surface area contributed by atoms with E-state index in [4.69, 9.17) is 21.2 Å². The maximum atomic E-state index is 14.2. The molecule has 1 aromatic carbocycles. The van der Waals surface area contributed by atoms with Crippen LogP contribution in [0.5, 0.6) is 0 Å². The summed E-state index contributed by atoms with van der Waals surface area (Å²) < 4.78 is 5.44. The van der Waals surface area contributed by atoms with Gasteiger partial charge in [0.05, 0.1) is 12.3 Å². The molecule has 43 heavy (non-hydrogen) atoms. The van der Waals surface area contributed by atoms with Gasteiger partial charge in [0.2, 0.25) is 11.8 Å². The largest absolute Gasteiger partial charge is 0.479 e. The second-order valence-electron chi connectivity index (χ2n) is 13.0.